The minimum atomic E-state index is -3.04. The second-order valence-electron chi connectivity index (χ2n) is 5.85. The number of sulfonamides is 1. The largest absolute Gasteiger partial charge is 0.314 e. The van der Waals surface area contributed by atoms with Gasteiger partial charge < -0.3 is 10.6 Å². The van der Waals surface area contributed by atoms with E-state index in [1.54, 1.807) is 0 Å². The van der Waals surface area contributed by atoms with Crippen LogP contribution in [0.15, 0.2) is 0 Å². The van der Waals surface area contributed by atoms with Crippen molar-refractivity contribution in [2.45, 2.75) is 58.0 Å². The highest BCUT2D eigenvalue weighted by Gasteiger charge is 2.16. The molecule has 20 heavy (non-hydrogen) atoms. The van der Waals surface area contributed by atoms with Gasteiger partial charge in [0.2, 0.25) is 10.0 Å². The number of rotatable bonds is 9. The Bertz CT molecular complexity index is 353. The Hall–Kier alpha value is -0.170. The average molecular weight is 305 g/mol. The molecule has 0 aromatic heterocycles. The van der Waals surface area contributed by atoms with Gasteiger partial charge in [-0.2, -0.15) is 0 Å². The van der Waals surface area contributed by atoms with E-state index in [4.69, 9.17) is 0 Å². The molecule has 120 valence electrons. The van der Waals surface area contributed by atoms with Crippen LogP contribution in [0, 0.1) is 0 Å². The first-order chi connectivity index (χ1) is 9.43. The van der Waals surface area contributed by atoms with Crippen molar-refractivity contribution in [3.63, 3.8) is 0 Å². The maximum absolute atomic E-state index is 11.5. The first kappa shape index (κ1) is 17.9. The molecule has 0 aliphatic carbocycles. The van der Waals surface area contributed by atoms with E-state index in [0.717, 1.165) is 25.9 Å². The van der Waals surface area contributed by atoms with E-state index >= 15 is 0 Å². The lowest BCUT2D eigenvalue weighted by Crippen LogP contribution is -2.40. The molecule has 1 aliphatic heterocycles. The summed E-state index contributed by atoms with van der Waals surface area (Å²) >= 11 is 0. The third kappa shape index (κ3) is 7.02. The number of hydrogen-bond acceptors (Lipinski definition) is 4. The maximum atomic E-state index is 11.5. The molecular formula is C14H31N3O2S. The van der Waals surface area contributed by atoms with Crippen molar-refractivity contribution in [1.82, 2.24) is 14.9 Å². The van der Waals surface area contributed by atoms with E-state index in [1.165, 1.54) is 29.8 Å². The first-order valence-corrected chi connectivity index (χ1v) is 9.70. The zero-order chi connectivity index (χ0) is 15.0. The SMILES string of the molecule is CCN(CCCNC(C)CC1CCCCN1)S(C)(=O)=O. The van der Waals surface area contributed by atoms with Gasteiger partial charge in [-0.05, 0) is 45.7 Å². The van der Waals surface area contributed by atoms with Crippen molar-refractivity contribution >= 4 is 10.0 Å². The predicted molar refractivity (Wildman–Crippen MR) is 84.4 cm³/mol. The second-order valence-corrected chi connectivity index (χ2v) is 7.83. The van der Waals surface area contributed by atoms with Gasteiger partial charge in [0.05, 0.1) is 6.26 Å². The van der Waals surface area contributed by atoms with Crippen LogP contribution in [0.5, 0.6) is 0 Å². The highest BCUT2D eigenvalue weighted by molar-refractivity contribution is 7.88. The molecule has 2 N–H and O–H groups in total. The van der Waals surface area contributed by atoms with Gasteiger partial charge in [-0.1, -0.05) is 13.3 Å². The molecule has 0 radical (unpaired) electrons. The summed E-state index contributed by atoms with van der Waals surface area (Å²) in [6.07, 6.45) is 7.22. The second kappa shape index (κ2) is 8.97. The van der Waals surface area contributed by atoms with Gasteiger partial charge in [-0.15, -0.1) is 0 Å². The van der Waals surface area contributed by atoms with Gasteiger partial charge in [0.15, 0.2) is 0 Å². The number of nitrogens with zero attached hydrogens (tertiary/aromatic N) is 1. The van der Waals surface area contributed by atoms with E-state index in [-0.39, 0.29) is 0 Å². The molecule has 0 aromatic carbocycles. The highest BCUT2D eigenvalue weighted by Crippen LogP contribution is 2.11. The van der Waals surface area contributed by atoms with Crippen molar-refractivity contribution in [2.75, 3.05) is 32.4 Å². The Kier molecular flexibility index (Phi) is 8.02. The minimum absolute atomic E-state index is 0.485. The van der Waals surface area contributed by atoms with E-state index in [9.17, 15) is 8.42 Å². The van der Waals surface area contributed by atoms with Crippen LogP contribution in [0.3, 0.4) is 0 Å². The van der Waals surface area contributed by atoms with Crippen LogP contribution in [-0.2, 0) is 10.0 Å². The van der Waals surface area contributed by atoms with Crippen molar-refractivity contribution < 1.29 is 8.42 Å². The number of nitrogens with one attached hydrogen (secondary N) is 2. The lowest BCUT2D eigenvalue weighted by Gasteiger charge is -2.26. The fraction of sp³-hybridized carbons (Fsp3) is 1.00. The molecule has 1 saturated heterocycles. The Balaban J connectivity index is 2.13. The molecule has 5 nitrogen and oxygen atoms in total. The van der Waals surface area contributed by atoms with Crippen molar-refractivity contribution in [3.8, 4) is 0 Å². The van der Waals surface area contributed by atoms with Crippen LogP contribution < -0.4 is 10.6 Å². The van der Waals surface area contributed by atoms with Crippen LogP contribution in [0.1, 0.15) is 46.0 Å². The summed E-state index contributed by atoms with van der Waals surface area (Å²) in [5.74, 6) is 0. The third-order valence-corrected chi connectivity index (χ3v) is 5.33. The Morgan fingerprint density at radius 1 is 1.40 bits per heavy atom. The molecule has 1 aliphatic rings. The fourth-order valence-corrected chi connectivity index (χ4v) is 3.73. The molecule has 0 saturated carbocycles. The van der Waals surface area contributed by atoms with E-state index in [0.29, 0.717) is 25.2 Å². The number of piperidine rings is 1. The summed E-state index contributed by atoms with van der Waals surface area (Å²) in [7, 11) is -3.04. The Labute approximate surface area is 124 Å². The summed E-state index contributed by atoms with van der Waals surface area (Å²) in [6, 6.07) is 1.13. The zero-order valence-electron chi connectivity index (χ0n) is 13.2. The molecule has 1 heterocycles. The van der Waals surface area contributed by atoms with Gasteiger partial charge in [0, 0.05) is 25.2 Å². The molecule has 2 atom stereocenters. The van der Waals surface area contributed by atoms with E-state index in [1.807, 2.05) is 6.92 Å². The Morgan fingerprint density at radius 3 is 2.70 bits per heavy atom. The van der Waals surface area contributed by atoms with Crippen LogP contribution in [0.25, 0.3) is 0 Å². The molecule has 0 bridgehead atoms. The normalized spacial score (nSPS) is 22.1. The van der Waals surface area contributed by atoms with Gasteiger partial charge in [0.1, 0.15) is 0 Å². The molecule has 1 rings (SSSR count). The lowest BCUT2D eigenvalue weighted by atomic mass is 9.99. The van der Waals surface area contributed by atoms with Crippen LogP contribution in [0.2, 0.25) is 0 Å². The summed E-state index contributed by atoms with van der Waals surface area (Å²) < 4.78 is 24.4. The van der Waals surface area contributed by atoms with Crippen LogP contribution in [-0.4, -0.2) is 57.2 Å². The van der Waals surface area contributed by atoms with E-state index in [2.05, 4.69) is 17.6 Å². The van der Waals surface area contributed by atoms with Crippen LogP contribution in [0.4, 0.5) is 0 Å². The Morgan fingerprint density at radius 2 is 2.15 bits per heavy atom. The topological polar surface area (TPSA) is 61.4 Å². The molecular weight excluding hydrogens is 274 g/mol. The van der Waals surface area contributed by atoms with Crippen LogP contribution >= 0.6 is 0 Å². The van der Waals surface area contributed by atoms with Gasteiger partial charge >= 0.3 is 0 Å². The van der Waals surface area contributed by atoms with Gasteiger partial charge in [-0.3, -0.25) is 0 Å². The van der Waals surface area contributed by atoms with Crippen molar-refractivity contribution in [3.05, 3.63) is 0 Å². The quantitative estimate of drug-likeness (QED) is 0.628. The summed E-state index contributed by atoms with van der Waals surface area (Å²) in [5, 5.41) is 7.06. The summed E-state index contributed by atoms with van der Waals surface area (Å²) in [4.78, 5) is 0. The van der Waals surface area contributed by atoms with Gasteiger partial charge in [-0.25, -0.2) is 12.7 Å². The molecule has 1 fully saturated rings. The lowest BCUT2D eigenvalue weighted by molar-refractivity contribution is 0.341. The van der Waals surface area contributed by atoms with Crippen molar-refractivity contribution in [2.24, 2.45) is 0 Å². The standard InChI is InChI=1S/C14H31N3O2S/c1-4-17(20(3,18)19)11-7-10-15-13(2)12-14-8-5-6-9-16-14/h13-16H,4-12H2,1-3H3. The molecule has 0 spiro atoms. The van der Waals surface area contributed by atoms with Gasteiger partial charge in [0.25, 0.3) is 0 Å². The summed E-state index contributed by atoms with van der Waals surface area (Å²) in [5.41, 5.74) is 0. The summed E-state index contributed by atoms with van der Waals surface area (Å²) in [6.45, 7) is 7.28. The van der Waals surface area contributed by atoms with E-state index < -0.39 is 10.0 Å². The molecule has 0 amide bonds. The average Bonchev–Trinajstić information content (AvgIpc) is 2.38. The number of hydrogen-bond donors (Lipinski definition) is 2. The third-order valence-electron chi connectivity index (χ3n) is 3.95. The molecule has 6 heteroatoms. The monoisotopic (exact) mass is 305 g/mol. The molecule has 0 aromatic rings. The van der Waals surface area contributed by atoms with Crippen molar-refractivity contribution in [1.29, 1.82) is 0 Å². The fourth-order valence-electron chi connectivity index (χ4n) is 2.80. The predicted octanol–water partition coefficient (Wildman–Crippen LogP) is 1.17. The smallest absolute Gasteiger partial charge is 0.211 e. The first-order valence-electron chi connectivity index (χ1n) is 7.85. The molecule has 2 unspecified atom stereocenters. The zero-order valence-corrected chi connectivity index (χ0v) is 14.0. The minimum Gasteiger partial charge on any atom is -0.314 e. The highest BCUT2D eigenvalue weighted by atomic mass is 32.2. The maximum Gasteiger partial charge on any atom is 0.211 e.